The zero-order valence-electron chi connectivity index (χ0n) is 10.9. The second-order valence-corrected chi connectivity index (χ2v) is 4.98. The zero-order valence-corrected chi connectivity index (χ0v) is 13.3. The maximum absolute atomic E-state index is 13.1. The van der Waals surface area contributed by atoms with E-state index in [9.17, 15) is 9.18 Å². The maximum Gasteiger partial charge on any atom is 0.353 e. The van der Waals surface area contributed by atoms with Gasteiger partial charge in [0.05, 0.1) is 7.11 Å². The fourth-order valence-corrected chi connectivity index (χ4v) is 1.73. The Balaban J connectivity index is 2.52. The molecule has 0 bridgehead atoms. The molecule has 1 rings (SSSR count). The van der Waals surface area contributed by atoms with Gasteiger partial charge in [0.2, 0.25) is 0 Å². The van der Waals surface area contributed by atoms with Crippen molar-refractivity contribution in [2.45, 2.75) is 13.5 Å². The predicted molar refractivity (Wildman–Crippen MR) is 81.8 cm³/mol. The van der Waals surface area contributed by atoms with E-state index in [1.54, 1.807) is 6.07 Å². The first kappa shape index (κ1) is 16.5. The molecule has 1 aromatic rings. The molecule has 0 atom stereocenters. The zero-order chi connectivity index (χ0) is 15.1. The fraction of sp³-hybridized carbons (Fsp3) is 0.250. The molecule has 5 nitrogen and oxygen atoms in total. The van der Waals surface area contributed by atoms with Crippen LogP contribution in [0.5, 0.6) is 0 Å². The normalized spacial score (nSPS) is 10.9. The summed E-state index contributed by atoms with van der Waals surface area (Å²) in [7, 11) is 1.26. The smallest absolute Gasteiger partial charge is 0.353 e. The summed E-state index contributed by atoms with van der Waals surface area (Å²) in [6.07, 6.45) is 0. The monoisotopic (exact) mass is 361 g/mol. The number of halogens is 2. The lowest BCUT2D eigenvalue weighted by Crippen LogP contribution is -2.33. The van der Waals surface area contributed by atoms with Gasteiger partial charge in [0.15, 0.2) is 5.11 Å². The largest absolute Gasteiger partial charge is 0.464 e. The van der Waals surface area contributed by atoms with E-state index in [0.29, 0.717) is 12.1 Å². The first-order valence-corrected chi connectivity index (χ1v) is 6.74. The number of hydrogen-bond acceptors (Lipinski definition) is 4. The first-order chi connectivity index (χ1) is 9.43. The van der Waals surface area contributed by atoms with E-state index in [4.69, 9.17) is 12.2 Å². The standard InChI is InChI=1S/C12H13BrFN3O2S/c1-7(11(18)19-2)16-17-12(20)15-6-8-5-9(14)3-4-10(8)13/h3-5H,6H2,1-2H3,(H2,15,17,20). The van der Waals surface area contributed by atoms with Crippen molar-refractivity contribution in [1.29, 1.82) is 0 Å². The molecule has 0 aliphatic rings. The molecule has 0 amide bonds. The van der Waals surface area contributed by atoms with Crippen molar-refractivity contribution in [2.75, 3.05) is 7.11 Å². The number of hydrogen-bond donors (Lipinski definition) is 2. The summed E-state index contributed by atoms with van der Waals surface area (Å²) in [4.78, 5) is 11.1. The van der Waals surface area contributed by atoms with Gasteiger partial charge in [-0.1, -0.05) is 15.9 Å². The number of nitrogens with zero attached hydrogens (tertiary/aromatic N) is 1. The summed E-state index contributed by atoms with van der Waals surface area (Å²) in [5.41, 5.74) is 3.35. The summed E-state index contributed by atoms with van der Waals surface area (Å²) < 4.78 is 18.3. The Morgan fingerprint density at radius 1 is 1.55 bits per heavy atom. The minimum Gasteiger partial charge on any atom is -0.464 e. The van der Waals surface area contributed by atoms with Crippen LogP contribution in [0, 0.1) is 5.82 Å². The molecule has 20 heavy (non-hydrogen) atoms. The van der Waals surface area contributed by atoms with Gasteiger partial charge >= 0.3 is 5.97 Å². The van der Waals surface area contributed by atoms with E-state index >= 15 is 0 Å². The van der Waals surface area contributed by atoms with Crippen LogP contribution < -0.4 is 10.7 Å². The number of hydrazone groups is 1. The van der Waals surface area contributed by atoms with Crippen LogP contribution >= 0.6 is 28.1 Å². The van der Waals surface area contributed by atoms with E-state index in [0.717, 1.165) is 4.47 Å². The molecule has 108 valence electrons. The molecule has 0 saturated heterocycles. The molecule has 0 radical (unpaired) electrons. The van der Waals surface area contributed by atoms with Crippen LogP contribution in [0.1, 0.15) is 12.5 Å². The van der Waals surface area contributed by atoms with Crippen LogP contribution in [0.25, 0.3) is 0 Å². The number of rotatable bonds is 4. The molecule has 8 heteroatoms. The Bertz CT molecular complexity index is 552. The van der Waals surface area contributed by atoms with Crippen molar-refractivity contribution in [2.24, 2.45) is 5.10 Å². The molecule has 0 aliphatic heterocycles. The van der Waals surface area contributed by atoms with E-state index < -0.39 is 5.97 Å². The predicted octanol–water partition coefficient (Wildman–Crippen LogP) is 2.10. The molecular formula is C12H13BrFN3O2S. The third-order valence-corrected chi connectivity index (χ3v) is 3.26. The van der Waals surface area contributed by atoms with Gasteiger partial charge in [0.1, 0.15) is 11.5 Å². The Labute approximate surface area is 129 Å². The van der Waals surface area contributed by atoms with Gasteiger partial charge in [0, 0.05) is 11.0 Å². The van der Waals surface area contributed by atoms with Crippen molar-refractivity contribution >= 4 is 44.9 Å². The summed E-state index contributed by atoms with van der Waals surface area (Å²) in [5, 5.41) is 6.81. The Morgan fingerprint density at radius 2 is 2.25 bits per heavy atom. The highest BCUT2D eigenvalue weighted by atomic mass is 79.9. The van der Waals surface area contributed by atoms with Crippen LogP contribution in [0.2, 0.25) is 0 Å². The SMILES string of the molecule is COC(=O)C(C)=NNC(=S)NCc1cc(F)ccc1Br. The van der Waals surface area contributed by atoms with Crippen molar-refractivity contribution in [3.8, 4) is 0 Å². The maximum atomic E-state index is 13.1. The molecule has 0 heterocycles. The van der Waals surface area contributed by atoms with Crippen LogP contribution in [0.15, 0.2) is 27.8 Å². The average Bonchev–Trinajstić information content (AvgIpc) is 2.44. The number of carbonyl (C=O) groups is 1. The molecule has 1 aromatic carbocycles. The summed E-state index contributed by atoms with van der Waals surface area (Å²) in [5.74, 6) is -0.878. The Hall–Kier alpha value is -1.54. The second-order valence-electron chi connectivity index (χ2n) is 3.72. The van der Waals surface area contributed by atoms with Crippen molar-refractivity contribution in [1.82, 2.24) is 10.7 Å². The van der Waals surface area contributed by atoms with E-state index in [-0.39, 0.29) is 16.6 Å². The summed E-state index contributed by atoms with van der Waals surface area (Å²) in [6.45, 7) is 1.81. The molecule has 0 aliphatic carbocycles. The first-order valence-electron chi connectivity index (χ1n) is 5.54. The van der Waals surface area contributed by atoms with Crippen molar-refractivity contribution in [3.05, 3.63) is 34.1 Å². The number of carbonyl (C=O) groups excluding carboxylic acids is 1. The quantitative estimate of drug-likeness (QED) is 0.372. The lowest BCUT2D eigenvalue weighted by molar-refractivity contribution is -0.132. The van der Waals surface area contributed by atoms with Gasteiger partial charge < -0.3 is 10.1 Å². The number of thiocarbonyl (C=S) groups is 1. The molecule has 0 fully saturated rings. The summed E-state index contributed by atoms with van der Waals surface area (Å²) in [6, 6.07) is 4.36. The van der Waals surface area contributed by atoms with Gasteiger partial charge in [-0.15, -0.1) is 0 Å². The number of benzene rings is 1. The lowest BCUT2D eigenvalue weighted by atomic mass is 10.2. The van der Waals surface area contributed by atoms with E-state index in [1.807, 2.05) is 0 Å². The molecule has 0 unspecified atom stereocenters. The van der Waals surface area contributed by atoms with Crippen LogP contribution in [0.4, 0.5) is 4.39 Å². The van der Waals surface area contributed by atoms with Gasteiger partial charge in [-0.25, -0.2) is 9.18 Å². The Morgan fingerprint density at radius 3 is 2.90 bits per heavy atom. The third-order valence-electron chi connectivity index (χ3n) is 2.25. The van der Waals surface area contributed by atoms with E-state index in [1.165, 1.54) is 26.2 Å². The van der Waals surface area contributed by atoms with Gasteiger partial charge in [-0.3, -0.25) is 5.43 Å². The van der Waals surface area contributed by atoms with Crippen LogP contribution in [-0.4, -0.2) is 23.9 Å². The summed E-state index contributed by atoms with van der Waals surface area (Å²) >= 11 is 8.29. The number of nitrogens with one attached hydrogen (secondary N) is 2. The topological polar surface area (TPSA) is 62.7 Å². The molecule has 2 N–H and O–H groups in total. The number of ether oxygens (including phenoxy) is 1. The molecule has 0 aromatic heterocycles. The fourth-order valence-electron chi connectivity index (χ4n) is 1.22. The van der Waals surface area contributed by atoms with Gasteiger partial charge in [-0.2, -0.15) is 5.10 Å². The highest BCUT2D eigenvalue weighted by Gasteiger charge is 2.05. The highest BCUT2D eigenvalue weighted by molar-refractivity contribution is 9.10. The van der Waals surface area contributed by atoms with Crippen molar-refractivity contribution in [3.63, 3.8) is 0 Å². The lowest BCUT2D eigenvalue weighted by Gasteiger charge is -2.09. The van der Waals surface area contributed by atoms with Crippen LogP contribution in [-0.2, 0) is 16.1 Å². The second kappa shape index (κ2) is 7.91. The average molecular weight is 362 g/mol. The third kappa shape index (κ3) is 5.22. The molecular weight excluding hydrogens is 349 g/mol. The minimum atomic E-state index is -0.548. The molecule has 0 spiro atoms. The minimum absolute atomic E-state index is 0.142. The number of esters is 1. The van der Waals surface area contributed by atoms with Gasteiger partial charge in [-0.05, 0) is 42.9 Å². The van der Waals surface area contributed by atoms with Crippen LogP contribution in [0.3, 0.4) is 0 Å². The highest BCUT2D eigenvalue weighted by Crippen LogP contribution is 2.17. The molecule has 0 saturated carbocycles. The van der Waals surface area contributed by atoms with Gasteiger partial charge in [0.25, 0.3) is 0 Å². The van der Waals surface area contributed by atoms with E-state index in [2.05, 4.69) is 36.5 Å². The van der Waals surface area contributed by atoms with Crippen molar-refractivity contribution < 1.29 is 13.9 Å². The number of methoxy groups -OCH3 is 1. The Kier molecular flexibility index (Phi) is 6.53.